The molecule has 0 radical (unpaired) electrons. The summed E-state index contributed by atoms with van der Waals surface area (Å²) in [5, 5.41) is 8.61. The molecule has 1 aromatic heterocycles. The highest BCUT2D eigenvalue weighted by Gasteiger charge is 2.32. The van der Waals surface area contributed by atoms with Gasteiger partial charge in [-0.05, 0) is 24.3 Å². The monoisotopic (exact) mass is 340 g/mol. The summed E-state index contributed by atoms with van der Waals surface area (Å²) in [6, 6.07) is 7.03. The van der Waals surface area contributed by atoms with E-state index in [-0.39, 0.29) is 11.4 Å². The van der Waals surface area contributed by atoms with Crippen LogP contribution in [0.4, 0.5) is 13.2 Å². The Balaban J connectivity index is 2.30. The predicted molar refractivity (Wildman–Crippen MR) is 78.4 cm³/mol. The molecule has 9 heteroatoms. The molecular formula is C15H11F3N2O4. The van der Waals surface area contributed by atoms with Gasteiger partial charge in [0.15, 0.2) is 6.61 Å². The molecule has 2 N–H and O–H groups in total. The van der Waals surface area contributed by atoms with Gasteiger partial charge in [-0.15, -0.1) is 0 Å². The lowest BCUT2D eigenvalue weighted by Gasteiger charge is -2.07. The van der Waals surface area contributed by atoms with Gasteiger partial charge in [0.2, 0.25) is 0 Å². The number of rotatable bonds is 5. The lowest BCUT2D eigenvalue weighted by Crippen LogP contribution is -2.19. The Kier molecular flexibility index (Phi) is 5.02. The van der Waals surface area contributed by atoms with Crippen LogP contribution in [0.3, 0.4) is 0 Å². The average molecular weight is 340 g/mol. The number of para-hydroxylation sites is 1. The highest BCUT2D eigenvalue weighted by molar-refractivity contribution is 5.72. The van der Waals surface area contributed by atoms with Crippen LogP contribution in [0.25, 0.3) is 12.2 Å². The van der Waals surface area contributed by atoms with Crippen LogP contribution in [-0.2, 0) is 11.0 Å². The Bertz CT molecular complexity index is 828. The number of aromatic nitrogens is 2. The summed E-state index contributed by atoms with van der Waals surface area (Å²) in [4.78, 5) is 26.8. The Morgan fingerprint density at radius 1 is 1.29 bits per heavy atom. The van der Waals surface area contributed by atoms with Crippen molar-refractivity contribution in [2.45, 2.75) is 6.18 Å². The molecule has 0 aliphatic rings. The highest BCUT2D eigenvalue weighted by atomic mass is 19.4. The number of aliphatic carboxylic acids is 1. The number of ether oxygens (including phenoxy) is 1. The van der Waals surface area contributed by atoms with Gasteiger partial charge in [0.25, 0.3) is 0 Å². The summed E-state index contributed by atoms with van der Waals surface area (Å²) in [5.41, 5.74) is -2.11. The zero-order valence-corrected chi connectivity index (χ0v) is 12.0. The molecule has 0 amide bonds. The Morgan fingerprint density at radius 3 is 2.67 bits per heavy atom. The summed E-state index contributed by atoms with van der Waals surface area (Å²) in [6.07, 6.45) is -2.13. The molecule has 0 bridgehead atoms. The second-order valence-electron chi connectivity index (χ2n) is 4.58. The topological polar surface area (TPSA) is 92.3 Å². The van der Waals surface area contributed by atoms with E-state index in [9.17, 15) is 22.8 Å². The average Bonchev–Trinajstić information content (AvgIpc) is 2.50. The Hall–Kier alpha value is -3.10. The third-order valence-electron chi connectivity index (χ3n) is 2.77. The molecule has 126 valence electrons. The van der Waals surface area contributed by atoms with Gasteiger partial charge < -0.3 is 14.8 Å². The van der Waals surface area contributed by atoms with E-state index in [0.29, 0.717) is 11.6 Å². The first-order valence-corrected chi connectivity index (χ1v) is 6.56. The number of nitrogens with zero attached hydrogens (tertiary/aromatic N) is 1. The van der Waals surface area contributed by atoms with Gasteiger partial charge in [0, 0.05) is 5.56 Å². The summed E-state index contributed by atoms with van der Waals surface area (Å²) < 4.78 is 43.0. The van der Waals surface area contributed by atoms with Crippen LogP contribution in [0, 0.1) is 0 Å². The van der Waals surface area contributed by atoms with Crippen molar-refractivity contribution in [3.05, 3.63) is 57.8 Å². The van der Waals surface area contributed by atoms with E-state index in [1.54, 1.807) is 23.2 Å². The van der Waals surface area contributed by atoms with Gasteiger partial charge in [0.1, 0.15) is 11.4 Å². The fourth-order valence-corrected chi connectivity index (χ4v) is 1.78. The van der Waals surface area contributed by atoms with Crippen LogP contribution in [0.15, 0.2) is 35.1 Å². The first-order chi connectivity index (χ1) is 11.3. The van der Waals surface area contributed by atoms with Crippen LogP contribution in [0.2, 0.25) is 0 Å². The van der Waals surface area contributed by atoms with Crippen molar-refractivity contribution in [1.82, 2.24) is 9.97 Å². The summed E-state index contributed by atoms with van der Waals surface area (Å²) in [7, 11) is 0. The number of alkyl halides is 3. The Morgan fingerprint density at radius 2 is 2.00 bits per heavy atom. The zero-order chi connectivity index (χ0) is 17.7. The number of carboxylic acids is 1. The molecule has 0 spiro atoms. The predicted octanol–water partition coefficient (Wildman–Crippen LogP) is 2.42. The minimum absolute atomic E-state index is 0.195. The summed E-state index contributed by atoms with van der Waals surface area (Å²) in [6.45, 7) is -0.563. The fraction of sp³-hybridized carbons (Fsp3) is 0.133. The van der Waals surface area contributed by atoms with Crippen LogP contribution in [0.5, 0.6) is 5.75 Å². The quantitative estimate of drug-likeness (QED) is 0.872. The van der Waals surface area contributed by atoms with Crippen molar-refractivity contribution < 1.29 is 27.8 Å². The van der Waals surface area contributed by atoms with Crippen LogP contribution in [0.1, 0.15) is 17.0 Å². The van der Waals surface area contributed by atoms with Crippen molar-refractivity contribution in [3.8, 4) is 5.75 Å². The van der Waals surface area contributed by atoms with E-state index >= 15 is 0 Å². The molecule has 0 fully saturated rings. The van der Waals surface area contributed by atoms with Gasteiger partial charge in [-0.3, -0.25) is 0 Å². The molecule has 1 aromatic carbocycles. The van der Waals surface area contributed by atoms with Gasteiger partial charge >= 0.3 is 17.8 Å². The normalized spacial score (nSPS) is 11.6. The molecule has 24 heavy (non-hydrogen) atoms. The molecule has 2 rings (SSSR count). The zero-order valence-electron chi connectivity index (χ0n) is 12.0. The third-order valence-corrected chi connectivity index (χ3v) is 2.77. The van der Waals surface area contributed by atoms with Crippen molar-refractivity contribution in [3.63, 3.8) is 0 Å². The highest BCUT2D eigenvalue weighted by Crippen LogP contribution is 2.27. The number of aromatic amines is 1. The maximum atomic E-state index is 12.7. The van der Waals surface area contributed by atoms with Gasteiger partial charge in [0.05, 0.1) is 5.69 Å². The van der Waals surface area contributed by atoms with Crippen LogP contribution in [-0.4, -0.2) is 27.7 Å². The number of carboxylic acid groups (broad SMARTS) is 1. The fourth-order valence-electron chi connectivity index (χ4n) is 1.78. The van der Waals surface area contributed by atoms with E-state index in [0.717, 1.165) is 0 Å². The first-order valence-electron chi connectivity index (χ1n) is 6.56. The van der Waals surface area contributed by atoms with Crippen molar-refractivity contribution in [2.75, 3.05) is 6.61 Å². The lowest BCUT2D eigenvalue weighted by atomic mass is 10.1. The van der Waals surface area contributed by atoms with Gasteiger partial charge in [-0.2, -0.15) is 18.2 Å². The molecule has 0 aliphatic heterocycles. The summed E-state index contributed by atoms with van der Waals surface area (Å²) >= 11 is 0. The number of hydrogen-bond donors (Lipinski definition) is 2. The lowest BCUT2D eigenvalue weighted by molar-refractivity contribution is -0.141. The standard InChI is InChI=1S/C15H11F3N2O4/c16-15(17,18)12-7-10(19-14(23)20-12)6-5-9-3-1-2-4-11(9)24-8-13(21)22/h1-7H,8H2,(H,21,22)(H,19,20,23)/b6-5-. The van der Waals surface area contributed by atoms with Gasteiger partial charge in [-0.25, -0.2) is 9.59 Å². The number of nitrogens with one attached hydrogen (secondary N) is 1. The number of halogens is 3. The molecule has 0 unspecified atom stereocenters. The molecule has 0 aliphatic carbocycles. The van der Waals surface area contributed by atoms with Crippen molar-refractivity contribution >= 4 is 18.1 Å². The van der Waals surface area contributed by atoms with E-state index < -0.39 is 30.1 Å². The minimum Gasteiger partial charge on any atom is -0.481 e. The van der Waals surface area contributed by atoms with Crippen molar-refractivity contribution in [2.24, 2.45) is 0 Å². The molecular weight excluding hydrogens is 329 g/mol. The largest absolute Gasteiger partial charge is 0.481 e. The van der Waals surface area contributed by atoms with E-state index in [4.69, 9.17) is 9.84 Å². The third kappa shape index (κ3) is 4.70. The second-order valence-corrected chi connectivity index (χ2v) is 4.58. The SMILES string of the molecule is O=C(O)COc1ccccc1/C=C\c1cc(C(F)(F)F)[nH]c(=O)n1. The molecule has 6 nitrogen and oxygen atoms in total. The molecule has 1 heterocycles. The number of hydrogen-bond acceptors (Lipinski definition) is 4. The van der Waals surface area contributed by atoms with Crippen LogP contribution >= 0.6 is 0 Å². The number of benzene rings is 1. The minimum atomic E-state index is -4.70. The van der Waals surface area contributed by atoms with Gasteiger partial charge in [-0.1, -0.05) is 18.2 Å². The Labute approximate surface area is 133 Å². The molecule has 2 aromatic rings. The van der Waals surface area contributed by atoms with Crippen LogP contribution < -0.4 is 10.4 Å². The van der Waals surface area contributed by atoms with E-state index in [2.05, 4.69) is 4.98 Å². The van der Waals surface area contributed by atoms with E-state index in [1.165, 1.54) is 18.2 Å². The second kappa shape index (κ2) is 6.99. The smallest absolute Gasteiger partial charge is 0.431 e. The van der Waals surface area contributed by atoms with E-state index in [1.807, 2.05) is 0 Å². The molecule has 0 atom stereocenters. The van der Waals surface area contributed by atoms with Crippen molar-refractivity contribution in [1.29, 1.82) is 0 Å². The maximum Gasteiger partial charge on any atom is 0.431 e. The number of carbonyl (C=O) groups is 1. The molecule has 0 saturated heterocycles. The first kappa shape index (κ1) is 17.3. The maximum absolute atomic E-state index is 12.7. The summed E-state index contributed by atoms with van der Waals surface area (Å²) in [5.74, 6) is -0.933. The number of H-pyrrole nitrogens is 1. The molecule has 0 saturated carbocycles.